The first-order valence-electron chi connectivity index (χ1n) is 5.70. The molecule has 1 aromatic carbocycles. The Labute approximate surface area is 106 Å². The lowest BCUT2D eigenvalue weighted by Gasteiger charge is -2.19. The highest BCUT2D eigenvalue weighted by molar-refractivity contribution is 7.90. The Morgan fingerprint density at radius 2 is 1.83 bits per heavy atom. The van der Waals surface area contributed by atoms with E-state index in [4.69, 9.17) is 0 Å². The van der Waals surface area contributed by atoms with E-state index in [9.17, 15) is 17.2 Å². The molecule has 0 amide bonds. The maximum absolute atomic E-state index is 13.6. The van der Waals surface area contributed by atoms with Crippen LogP contribution in [-0.4, -0.2) is 27.0 Å². The fourth-order valence-corrected chi connectivity index (χ4v) is 2.60. The van der Waals surface area contributed by atoms with E-state index in [-0.39, 0.29) is 11.3 Å². The van der Waals surface area contributed by atoms with E-state index in [0.29, 0.717) is 6.54 Å². The summed E-state index contributed by atoms with van der Waals surface area (Å²) in [7, 11) is -3.33. The van der Waals surface area contributed by atoms with E-state index in [1.807, 2.05) is 6.92 Å². The zero-order chi connectivity index (χ0) is 13.8. The molecule has 102 valence electrons. The number of rotatable bonds is 6. The van der Waals surface area contributed by atoms with Crippen molar-refractivity contribution in [3.8, 4) is 0 Å². The van der Waals surface area contributed by atoms with Gasteiger partial charge in [-0.2, -0.15) is 0 Å². The van der Waals surface area contributed by atoms with E-state index in [1.54, 1.807) is 0 Å². The maximum atomic E-state index is 13.6. The minimum atomic E-state index is -3.33. The van der Waals surface area contributed by atoms with Gasteiger partial charge in [-0.1, -0.05) is 13.0 Å². The van der Waals surface area contributed by atoms with Crippen LogP contribution in [0.1, 0.15) is 24.9 Å². The van der Waals surface area contributed by atoms with Gasteiger partial charge in [0.25, 0.3) is 0 Å². The van der Waals surface area contributed by atoms with Gasteiger partial charge in [0.15, 0.2) is 0 Å². The van der Waals surface area contributed by atoms with Crippen molar-refractivity contribution >= 4 is 9.84 Å². The average molecular weight is 277 g/mol. The fourth-order valence-electron chi connectivity index (χ4n) is 1.71. The van der Waals surface area contributed by atoms with Crippen molar-refractivity contribution in [1.82, 2.24) is 5.32 Å². The molecule has 0 aliphatic carbocycles. The zero-order valence-corrected chi connectivity index (χ0v) is 11.2. The molecule has 0 saturated carbocycles. The van der Waals surface area contributed by atoms with Crippen LogP contribution >= 0.6 is 0 Å². The highest BCUT2D eigenvalue weighted by atomic mass is 32.2. The molecule has 18 heavy (non-hydrogen) atoms. The maximum Gasteiger partial charge on any atom is 0.149 e. The molecule has 1 N–H and O–H groups in total. The first kappa shape index (κ1) is 15.0. The van der Waals surface area contributed by atoms with Gasteiger partial charge in [-0.25, -0.2) is 17.2 Å². The Hall–Kier alpha value is -1.01. The second kappa shape index (κ2) is 6.24. The van der Waals surface area contributed by atoms with Crippen molar-refractivity contribution in [2.24, 2.45) is 0 Å². The first-order valence-corrected chi connectivity index (χ1v) is 7.76. The Bertz CT molecular complexity index is 483. The Morgan fingerprint density at radius 3 is 2.28 bits per heavy atom. The number of sulfone groups is 1. The van der Waals surface area contributed by atoms with Gasteiger partial charge in [-0.3, -0.25) is 0 Å². The van der Waals surface area contributed by atoms with Crippen molar-refractivity contribution in [3.05, 3.63) is 35.4 Å². The Balaban J connectivity index is 3.09. The summed E-state index contributed by atoms with van der Waals surface area (Å²) in [4.78, 5) is 0. The average Bonchev–Trinajstić information content (AvgIpc) is 2.23. The van der Waals surface area contributed by atoms with E-state index >= 15 is 0 Å². The number of hydrogen-bond acceptors (Lipinski definition) is 3. The van der Waals surface area contributed by atoms with Gasteiger partial charge in [0.2, 0.25) is 0 Å². The van der Waals surface area contributed by atoms with Gasteiger partial charge in [0.1, 0.15) is 21.5 Å². The molecule has 0 bridgehead atoms. The molecule has 0 aromatic heterocycles. The molecular weight excluding hydrogens is 260 g/mol. The molecule has 0 spiro atoms. The van der Waals surface area contributed by atoms with Gasteiger partial charge in [-0.15, -0.1) is 0 Å². The molecule has 0 aliphatic rings. The summed E-state index contributed by atoms with van der Waals surface area (Å²) in [5.74, 6) is -1.79. The predicted molar refractivity (Wildman–Crippen MR) is 67.1 cm³/mol. The molecule has 0 radical (unpaired) electrons. The normalized spacial score (nSPS) is 13.6. The van der Waals surface area contributed by atoms with Crippen LogP contribution < -0.4 is 5.32 Å². The van der Waals surface area contributed by atoms with Crippen LogP contribution in [0.2, 0.25) is 0 Å². The third kappa shape index (κ3) is 4.34. The van der Waals surface area contributed by atoms with Crippen molar-refractivity contribution in [2.45, 2.75) is 19.4 Å². The molecule has 1 rings (SSSR count). The second-order valence-electron chi connectivity index (χ2n) is 4.23. The smallest absolute Gasteiger partial charge is 0.149 e. The zero-order valence-electron chi connectivity index (χ0n) is 10.4. The summed E-state index contributed by atoms with van der Waals surface area (Å²) in [5.41, 5.74) is -0.212. The standard InChI is InChI=1S/C12H17F2NO2S/c1-3-7-15-11(8-18(2,16)17)12-9(13)5-4-6-10(12)14/h4-6,11,15H,3,7-8H2,1-2H3. The number of hydrogen-bond donors (Lipinski definition) is 1. The topological polar surface area (TPSA) is 46.2 Å². The van der Waals surface area contributed by atoms with E-state index in [0.717, 1.165) is 24.8 Å². The third-order valence-corrected chi connectivity index (χ3v) is 3.40. The molecule has 1 unspecified atom stereocenters. The number of nitrogens with one attached hydrogen (secondary N) is 1. The summed E-state index contributed by atoms with van der Waals surface area (Å²) in [6.45, 7) is 2.39. The third-order valence-electron chi connectivity index (χ3n) is 2.46. The lowest BCUT2D eigenvalue weighted by Crippen LogP contribution is -2.30. The van der Waals surface area contributed by atoms with E-state index in [2.05, 4.69) is 5.32 Å². The number of benzene rings is 1. The van der Waals surface area contributed by atoms with Crippen LogP contribution in [0, 0.1) is 11.6 Å². The van der Waals surface area contributed by atoms with Gasteiger partial charge < -0.3 is 5.32 Å². The van der Waals surface area contributed by atoms with Crippen LogP contribution in [0.25, 0.3) is 0 Å². The van der Waals surface area contributed by atoms with Crippen LogP contribution in [0.4, 0.5) is 8.78 Å². The fraction of sp³-hybridized carbons (Fsp3) is 0.500. The second-order valence-corrected chi connectivity index (χ2v) is 6.42. The molecule has 6 heteroatoms. The summed E-state index contributed by atoms with van der Waals surface area (Å²) in [5, 5.41) is 2.86. The summed E-state index contributed by atoms with van der Waals surface area (Å²) in [6.07, 6.45) is 1.79. The van der Waals surface area contributed by atoms with E-state index < -0.39 is 27.5 Å². The molecule has 0 saturated heterocycles. The molecule has 1 atom stereocenters. The minimum Gasteiger partial charge on any atom is -0.309 e. The molecule has 3 nitrogen and oxygen atoms in total. The summed E-state index contributed by atoms with van der Waals surface area (Å²) < 4.78 is 49.9. The number of halogens is 2. The Kier molecular flexibility index (Phi) is 5.22. The van der Waals surface area contributed by atoms with Crippen molar-refractivity contribution in [2.75, 3.05) is 18.6 Å². The molecular formula is C12H17F2NO2S. The molecule has 0 heterocycles. The predicted octanol–water partition coefficient (Wildman–Crippen LogP) is 2.05. The monoisotopic (exact) mass is 277 g/mol. The van der Waals surface area contributed by atoms with Gasteiger partial charge in [0, 0.05) is 11.8 Å². The van der Waals surface area contributed by atoms with Gasteiger partial charge in [-0.05, 0) is 25.1 Å². The quantitative estimate of drug-likeness (QED) is 0.865. The lowest BCUT2D eigenvalue weighted by atomic mass is 10.1. The molecule has 0 fully saturated rings. The van der Waals surface area contributed by atoms with Crippen molar-refractivity contribution in [1.29, 1.82) is 0 Å². The van der Waals surface area contributed by atoms with Crippen LogP contribution in [0.5, 0.6) is 0 Å². The molecule has 0 aliphatic heterocycles. The largest absolute Gasteiger partial charge is 0.309 e. The van der Waals surface area contributed by atoms with Crippen LogP contribution in [0.3, 0.4) is 0 Å². The van der Waals surface area contributed by atoms with Crippen LogP contribution in [-0.2, 0) is 9.84 Å². The van der Waals surface area contributed by atoms with E-state index in [1.165, 1.54) is 6.07 Å². The van der Waals surface area contributed by atoms with Crippen molar-refractivity contribution in [3.63, 3.8) is 0 Å². The SMILES string of the molecule is CCCNC(CS(C)(=O)=O)c1c(F)cccc1F. The van der Waals surface area contributed by atoms with Gasteiger partial charge in [0.05, 0.1) is 11.8 Å². The minimum absolute atomic E-state index is 0.212. The van der Waals surface area contributed by atoms with Crippen LogP contribution in [0.15, 0.2) is 18.2 Å². The summed E-state index contributed by atoms with van der Waals surface area (Å²) in [6, 6.07) is 2.65. The van der Waals surface area contributed by atoms with Gasteiger partial charge >= 0.3 is 0 Å². The highest BCUT2D eigenvalue weighted by Crippen LogP contribution is 2.22. The lowest BCUT2D eigenvalue weighted by molar-refractivity contribution is 0.485. The van der Waals surface area contributed by atoms with Crippen molar-refractivity contribution < 1.29 is 17.2 Å². The first-order chi connectivity index (χ1) is 8.35. The molecule has 1 aromatic rings. The Morgan fingerprint density at radius 1 is 1.28 bits per heavy atom. The summed E-state index contributed by atoms with van der Waals surface area (Å²) >= 11 is 0. The highest BCUT2D eigenvalue weighted by Gasteiger charge is 2.23.